The van der Waals surface area contributed by atoms with Crippen molar-refractivity contribution < 1.29 is 4.79 Å². The number of carbonyl (C=O) groups is 1. The molecule has 2 N–H and O–H groups in total. The summed E-state index contributed by atoms with van der Waals surface area (Å²) < 4.78 is 3.08. The van der Waals surface area contributed by atoms with Crippen molar-refractivity contribution in [1.29, 1.82) is 0 Å². The van der Waals surface area contributed by atoms with E-state index in [2.05, 4.69) is 21.1 Å². The molecular formula is C25H34ClN5OS. The number of aromatic nitrogens is 2. The summed E-state index contributed by atoms with van der Waals surface area (Å²) in [5.74, 6) is 1.08. The molecule has 6 nitrogen and oxygen atoms in total. The fourth-order valence-corrected chi connectivity index (χ4v) is 5.34. The Bertz CT molecular complexity index is 1000. The highest BCUT2D eigenvalue weighted by Crippen LogP contribution is 2.59. The van der Waals surface area contributed by atoms with Crippen LogP contribution < -0.4 is 14.9 Å². The minimum Gasteiger partial charge on any atom is -0.324 e. The average Bonchev–Trinajstić information content (AvgIpc) is 3.46. The lowest BCUT2D eigenvalue weighted by molar-refractivity contribution is -0.108. The molecule has 1 amide bonds. The molecule has 8 heteroatoms. The number of nitrogens with zero attached hydrogens (tertiary/aromatic N) is 3. The monoisotopic (exact) mass is 487 g/mol. The summed E-state index contributed by atoms with van der Waals surface area (Å²) in [7, 11) is 1.90. The molecule has 1 unspecified atom stereocenters. The Morgan fingerprint density at radius 2 is 2.06 bits per heavy atom. The molecule has 1 aromatic carbocycles. The highest BCUT2D eigenvalue weighted by molar-refractivity contribution is 7.97. The average molecular weight is 488 g/mol. The van der Waals surface area contributed by atoms with E-state index < -0.39 is 0 Å². The maximum Gasteiger partial charge on any atom is 0.229 e. The number of benzene rings is 1. The number of hydrogen-bond acceptors (Lipinski definition) is 6. The van der Waals surface area contributed by atoms with Gasteiger partial charge in [0.1, 0.15) is 5.82 Å². The minimum absolute atomic E-state index is 0.190. The highest BCUT2D eigenvalue weighted by atomic mass is 35.5. The first-order valence-electron chi connectivity index (χ1n) is 11.6. The van der Waals surface area contributed by atoms with Crippen molar-refractivity contribution in [2.45, 2.75) is 70.7 Å². The standard InChI is InChI=1S/C23H28ClN5OS.C2H6/c1-15-11-18(31-25-3)6-7-19(15)27-22-26-13-17(12-16(2)24)21(28-22)29(14-30)20-5-4-8-23(20)9-10-23;1-2/h6-7,11-14,20,25H,4-5,8-10H2,1-3H3,(H,26,27,28);1-2H3/b16-12+;. The fraction of sp³-hybridized carbons (Fsp3) is 0.480. The lowest BCUT2D eigenvalue weighted by Crippen LogP contribution is -2.39. The van der Waals surface area contributed by atoms with E-state index in [1.165, 1.54) is 19.3 Å². The third-order valence-corrected chi connectivity index (χ3v) is 7.06. The first-order valence-corrected chi connectivity index (χ1v) is 12.8. The molecule has 2 saturated carbocycles. The lowest BCUT2D eigenvalue weighted by atomic mass is 9.99. The number of anilines is 3. The summed E-state index contributed by atoms with van der Waals surface area (Å²) in [5, 5.41) is 3.94. The van der Waals surface area contributed by atoms with Gasteiger partial charge in [0.25, 0.3) is 0 Å². The molecular weight excluding hydrogens is 454 g/mol. The molecule has 2 aromatic rings. The molecule has 1 spiro atoms. The summed E-state index contributed by atoms with van der Waals surface area (Å²) in [6, 6.07) is 6.35. The maximum absolute atomic E-state index is 12.3. The van der Waals surface area contributed by atoms with E-state index in [0.717, 1.165) is 41.0 Å². The predicted molar refractivity (Wildman–Crippen MR) is 140 cm³/mol. The van der Waals surface area contributed by atoms with Crippen LogP contribution in [-0.4, -0.2) is 29.5 Å². The van der Waals surface area contributed by atoms with Crippen LogP contribution in [0.1, 0.15) is 64.0 Å². The van der Waals surface area contributed by atoms with Gasteiger partial charge in [-0.2, -0.15) is 4.98 Å². The van der Waals surface area contributed by atoms with Gasteiger partial charge in [-0.25, -0.2) is 4.98 Å². The highest BCUT2D eigenvalue weighted by Gasteiger charge is 2.54. The molecule has 0 bridgehead atoms. The Labute approximate surface area is 206 Å². The van der Waals surface area contributed by atoms with Crippen molar-refractivity contribution in [3.63, 3.8) is 0 Å². The van der Waals surface area contributed by atoms with Gasteiger partial charge in [-0.3, -0.25) is 14.4 Å². The number of rotatable bonds is 8. The molecule has 2 fully saturated rings. The quantitative estimate of drug-likeness (QED) is 0.320. The van der Waals surface area contributed by atoms with Crippen molar-refractivity contribution in [1.82, 2.24) is 14.7 Å². The largest absolute Gasteiger partial charge is 0.324 e. The summed E-state index contributed by atoms with van der Waals surface area (Å²) in [4.78, 5) is 24.5. The van der Waals surface area contributed by atoms with Crippen LogP contribution in [0.3, 0.4) is 0 Å². The van der Waals surface area contributed by atoms with Gasteiger partial charge >= 0.3 is 0 Å². The van der Waals surface area contributed by atoms with Crippen molar-refractivity contribution in [3.05, 3.63) is 40.6 Å². The van der Waals surface area contributed by atoms with Crippen molar-refractivity contribution in [2.75, 3.05) is 17.3 Å². The number of aryl methyl sites for hydroxylation is 1. The van der Waals surface area contributed by atoms with Gasteiger partial charge in [-0.05, 0) is 93.8 Å². The van der Waals surface area contributed by atoms with Gasteiger partial charge in [0, 0.05) is 33.4 Å². The number of hydrogen-bond donors (Lipinski definition) is 2. The molecule has 33 heavy (non-hydrogen) atoms. The van der Waals surface area contributed by atoms with E-state index in [-0.39, 0.29) is 11.5 Å². The van der Waals surface area contributed by atoms with E-state index >= 15 is 0 Å². The Kier molecular flexibility index (Phi) is 8.79. The Morgan fingerprint density at radius 3 is 2.67 bits per heavy atom. The lowest BCUT2D eigenvalue weighted by Gasteiger charge is -2.30. The number of allylic oxidation sites excluding steroid dienone is 1. The third kappa shape index (κ3) is 5.89. The normalized spacial score (nSPS) is 18.5. The second-order valence-corrected chi connectivity index (χ2v) is 10.1. The molecule has 1 atom stereocenters. The smallest absolute Gasteiger partial charge is 0.229 e. The van der Waals surface area contributed by atoms with Crippen LogP contribution in [0.2, 0.25) is 0 Å². The molecule has 1 aromatic heterocycles. The first kappa shape index (κ1) is 25.5. The summed E-state index contributed by atoms with van der Waals surface area (Å²) in [6.07, 6.45) is 10.2. The molecule has 0 saturated heterocycles. The zero-order valence-corrected chi connectivity index (χ0v) is 21.7. The van der Waals surface area contributed by atoms with Crippen LogP contribution in [0.4, 0.5) is 17.5 Å². The van der Waals surface area contributed by atoms with Gasteiger partial charge in [0.2, 0.25) is 12.4 Å². The Hall–Kier alpha value is -2.09. The maximum atomic E-state index is 12.3. The summed E-state index contributed by atoms with van der Waals surface area (Å²) in [5.41, 5.74) is 3.05. The number of nitrogens with one attached hydrogen (secondary N) is 2. The zero-order chi connectivity index (χ0) is 24.0. The summed E-state index contributed by atoms with van der Waals surface area (Å²) >= 11 is 7.73. The van der Waals surface area contributed by atoms with Crippen LogP contribution in [0.5, 0.6) is 0 Å². The summed E-state index contributed by atoms with van der Waals surface area (Å²) in [6.45, 7) is 7.86. The van der Waals surface area contributed by atoms with Gasteiger partial charge in [-0.15, -0.1) is 0 Å². The predicted octanol–water partition coefficient (Wildman–Crippen LogP) is 6.68. The topological polar surface area (TPSA) is 70.2 Å². The van der Waals surface area contributed by atoms with Crippen molar-refractivity contribution in [2.24, 2.45) is 5.41 Å². The number of amides is 1. The molecule has 2 aliphatic carbocycles. The van der Waals surface area contributed by atoms with E-state index in [0.29, 0.717) is 16.8 Å². The minimum atomic E-state index is 0.190. The van der Waals surface area contributed by atoms with Crippen molar-refractivity contribution in [3.8, 4) is 0 Å². The molecule has 0 radical (unpaired) electrons. The van der Waals surface area contributed by atoms with Crippen LogP contribution in [0.15, 0.2) is 34.3 Å². The van der Waals surface area contributed by atoms with E-state index in [1.807, 2.05) is 57.9 Å². The molecule has 4 rings (SSSR count). The molecule has 1 heterocycles. The third-order valence-electron chi connectivity index (χ3n) is 6.26. The van der Waals surface area contributed by atoms with Gasteiger partial charge in [0.15, 0.2) is 0 Å². The number of carbonyl (C=O) groups excluding carboxylic acids is 1. The SMILES string of the molecule is CC.CNSc1ccc(Nc2ncc(/C=C(\C)Cl)c(N(C=O)C3CCCC34CC4)n2)c(C)c1. The van der Waals surface area contributed by atoms with Gasteiger partial charge < -0.3 is 5.32 Å². The van der Waals surface area contributed by atoms with Gasteiger partial charge in [0.05, 0.1) is 0 Å². The second kappa shape index (κ2) is 11.4. The van der Waals surface area contributed by atoms with E-state index in [1.54, 1.807) is 18.1 Å². The first-order chi connectivity index (χ1) is 16.0. The molecule has 178 valence electrons. The van der Waals surface area contributed by atoms with Crippen LogP contribution >= 0.6 is 23.5 Å². The van der Waals surface area contributed by atoms with Crippen LogP contribution in [0, 0.1) is 12.3 Å². The molecule has 2 aliphatic rings. The zero-order valence-electron chi connectivity index (χ0n) is 20.1. The van der Waals surface area contributed by atoms with E-state index in [4.69, 9.17) is 16.6 Å². The van der Waals surface area contributed by atoms with Gasteiger partial charge in [-0.1, -0.05) is 31.9 Å². The second-order valence-electron chi connectivity index (χ2n) is 8.39. The van der Waals surface area contributed by atoms with Crippen molar-refractivity contribution >= 4 is 53.5 Å². The Balaban J connectivity index is 0.00000149. The number of halogens is 1. The Morgan fingerprint density at radius 1 is 1.30 bits per heavy atom. The van der Waals surface area contributed by atoms with Crippen LogP contribution in [0.25, 0.3) is 6.08 Å². The van der Waals surface area contributed by atoms with E-state index in [9.17, 15) is 4.79 Å². The molecule has 0 aliphatic heterocycles. The van der Waals surface area contributed by atoms with Crippen LogP contribution in [-0.2, 0) is 4.79 Å². The fourth-order valence-electron chi connectivity index (χ4n) is 4.61.